The van der Waals surface area contributed by atoms with Crippen LogP contribution < -0.4 is 4.74 Å². The van der Waals surface area contributed by atoms with Gasteiger partial charge in [-0.1, -0.05) is 6.07 Å². The third-order valence-electron chi connectivity index (χ3n) is 4.09. The highest BCUT2D eigenvalue weighted by atomic mass is 16.5. The van der Waals surface area contributed by atoms with Crippen LogP contribution >= 0.6 is 0 Å². The maximum atomic E-state index is 10.1. The molecule has 3 rings (SSSR count). The van der Waals surface area contributed by atoms with E-state index in [1.165, 1.54) is 5.56 Å². The van der Waals surface area contributed by atoms with Crippen molar-refractivity contribution in [3.05, 3.63) is 47.5 Å². The molecular formula is C17H22N2O2. The molecule has 4 nitrogen and oxygen atoms in total. The van der Waals surface area contributed by atoms with Crippen molar-refractivity contribution < 1.29 is 9.84 Å². The standard InChI is InChI=1S/C17H22N2O2/c1-12(2)19-11-18-9-14(19)10-21-15-7-6-13-4-3-5-17(20)16(13)8-15/h6-9,11-12,17,20H,3-5,10H2,1-2H3. The minimum atomic E-state index is -0.349. The largest absolute Gasteiger partial charge is 0.487 e. The summed E-state index contributed by atoms with van der Waals surface area (Å²) in [6.45, 7) is 4.74. The predicted octanol–water partition coefficient (Wildman–Crippen LogP) is 3.41. The minimum absolute atomic E-state index is 0.349. The number of aliphatic hydroxyl groups is 1. The molecule has 0 saturated heterocycles. The molecule has 4 heteroatoms. The predicted molar refractivity (Wildman–Crippen MR) is 81.3 cm³/mol. The number of imidazole rings is 1. The van der Waals surface area contributed by atoms with Crippen LogP contribution in [0.5, 0.6) is 5.75 Å². The van der Waals surface area contributed by atoms with Crippen LogP contribution in [0.15, 0.2) is 30.7 Å². The average molecular weight is 286 g/mol. The Bertz CT molecular complexity index is 619. The lowest BCUT2D eigenvalue weighted by molar-refractivity contribution is 0.156. The van der Waals surface area contributed by atoms with Gasteiger partial charge in [0.15, 0.2) is 0 Å². The number of aromatic nitrogens is 2. The molecule has 1 atom stereocenters. The maximum Gasteiger partial charge on any atom is 0.130 e. The van der Waals surface area contributed by atoms with Gasteiger partial charge in [0.25, 0.3) is 0 Å². The van der Waals surface area contributed by atoms with E-state index in [2.05, 4.69) is 29.5 Å². The van der Waals surface area contributed by atoms with Gasteiger partial charge in [0, 0.05) is 6.04 Å². The lowest BCUT2D eigenvalue weighted by Gasteiger charge is -2.22. The van der Waals surface area contributed by atoms with E-state index in [-0.39, 0.29) is 6.10 Å². The first-order valence-electron chi connectivity index (χ1n) is 7.59. The molecule has 1 N–H and O–H groups in total. The van der Waals surface area contributed by atoms with Gasteiger partial charge in [0.1, 0.15) is 12.4 Å². The molecule has 1 aliphatic rings. The van der Waals surface area contributed by atoms with Crippen molar-refractivity contribution in [1.82, 2.24) is 9.55 Å². The van der Waals surface area contributed by atoms with Crippen LogP contribution in [0.1, 0.15) is 55.7 Å². The van der Waals surface area contributed by atoms with Gasteiger partial charge in [-0.3, -0.25) is 0 Å². The Labute approximate surface area is 125 Å². The Morgan fingerprint density at radius 1 is 1.43 bits per heavy atom. The summed E-state index contributed by atoms with van der Waals surface area (Å²) in [5.74, 6) is 0.811. The lowest BCUT2D eigenvalue weighted by atomic mass is 9.89. The number of aryl methyl sites for hydroxylation is 1. The molecular weight excluding hydrogens is 264 g/mol. The number of aliphatic hydroxyl groups excluding tert-OH is 1. The van der Waals surface area contributed by atoms with Crippen LogP contribution in [-0.4, -0.2) is 14.7 Å². The molecule has 0 saturated carbocycles. The van der Waals surface area contributed by atoms with E-state index < -0.39 is 0 Å². The van der Waals surface area contributed by atoms with Gasteiger partial charge in [-0.15, -0.1) is 0 Å². The minimum Gasteiger partial charge on any atom is -0.487 e. The Balaban J connectivity index is 1.74. The molecule has 1 aliphatic carbocycles. The molecule has 1 aromatic carbocycles. The van der Waals surface area contributed by atoms with Crippen molar-refractivity contribution in [2.75, 3.05) is 0 Å². The number of nitrogens with zero attached hydrogens (tertiary/aromatic N) is 2. The second kappa shape index (κ2) is 5.90. The number of hydrogen-bond donors (Lipinski definition) is 1. The summed E-state index contributed by atoms with van der Waals surface area (Å²) in [4.78, 5) is 4.18. The topological polar surface area (TPSA) is 47.3 Å². The molecule has 2 aromatic rings. The molecule has 1 aromatic heterocycles. The fourth-order valence-corrected chi connectivity index (χ4v) is 2.91. The zero-order chi connectivity index (χ0) is 14.8. The van der Waals surface area contributed by atoms with E-state index >= 15 is 0 Å². The smallest absolute Gasteiger partial charge is 0.130 e. The molecule has 0 aliphatic heterocycles. The molecule has 0 fully saturated rings. The Kier molecular flexibility index (Phi) is 3.97. The van der Waals surface area contributed by atoms with Gasteiger partial charge >= 0.3 is 0 Å². The fourth-order valence-electron chi connectivity index (χ4n) is 2.91. The number of fused-ring (bicyclic) bond motifs is 1. The monoisotopic (exact) mass is 286 g/mol. The summed E-state index contributed by atoms with van der Waals surface area (Å²) in [7, 11) is 0. The molecule has 112 valence electrons. The Hall–Kier alpha value is -1.81. The number of hydrogen-bond acceptors (Lipinski definition) is 3. The van der Waals surface area contributed by atoms with Crippen LogP contribution in [0, 0.1) is 0 Å². The summed E-state index contributed by atoms with van der Waals surface area (Å²) >= 11 is 0. The summed E-state index contributed by atoms with van der Waals surface area (Å²) < 4.78 is 7.99. The van der Waals surface area contributed by atoms with Gasteiger partial charge < -0.3 is 14.4 Å². The molecule has 0 bridgehead atoms. The quantitative estimate of drug-likeness (QED) is 0.937. The van der Waals surface area contributed by atoms with Gasteiger partial charge in [0.05, 0.1) is 24.3 Å². The zero-order valence-corrected chi connectivity index (χ0v) is 12.6. The first-order chi connectivity index (χ1) is 10.1. The second-order valence-corrected chi connectivity index (χ2v) is 5.94. The number of ether oxygens (including phenoxy) is 1. The van der Waals surface area contributed by atoms with Crippen LogP contribution in [0.4, 0.5) is 0 Å². The number of benzene rings is 1. The van der Waals surface area contributed by atoms with E-state index in [0.717, 1.165) is 36.3 Å². The molecule has 1 heterocycles. The van der Waals surface area contributed by atoms with Gasteiger partial charge in [-0.25, -0.2) is 4.98 Å². The normalized spacial score (nSPS) is 17.8. The average Bonchev–Trinajstić information content (AvgIpc) is 2.94. The summed E-state index contributed by atoms with van der Waals surface area (Å²) in [5.41, 5.74) is 3.33. The van der Waals surface area contributed by atoms with Crippen molar-refractivity contribution >= 4 is 0 Å². The molecule has 1 unspecified atom stereocenters. The molecule has 21 heavy (non-hydrogen) atoms. The van der Waals surface area contributed by atoms with Gasteiger partial charge in [0.2, 0.25) is 0 Å². The molecule has 0 spiro atoms. The lowest BCUT2D eigenvalue weighted by Crippen LogP contribution is -2.10. The van der Waals surface area contributed by atoms with Crippen LogP contribution in [0.25, 0.3) is 0 Å². The van der Waals surface area contributed by atoms with Crippen molar-refractivity contribution in [1.29, 1.82) is 0 Å². The maximum absolute atomic E-state index is 10.1. The van der Waals surface area contributed by atoms with E-state index in [9.17, 15) is 5.11 Å². The van der Waals surface area contributed by atoms with Crippen LogP contribution in [0.2, 0.25) is 0 Å². The van der Waals surface area contributed by atoms with E-state index in [1.54, 1.807) is 0 Å². The first kappa shape index (κ1) is 14.1. The number of rotatable bonds is 4. The van der Waals surface area contributed by atoms with Gasteiger partial charge in [-0.2, -0.15) is 0 Å². The second-order valence-electron chi connectivity index (χ2n) is 5.94. The van der Waals surface area contributed by atoms with E-state index in [1.807, 2.05) is 24.7 Å². The van der Waals surface area contributed by atoms with E-state index in [0.29, 0.717) is 12.6 Å². The third-order valence-corrected chi connectivity index (χ3v) is 4.09. The highest BCUT2D eigenvalue weighted by Gasteiger charge is 2.18. The van der Waals surface area contributed by atoms with Gasteiger partial charge in [-0.05, 0) is 56.4 Å². The summed E-state index contributed by atoms with van der Waals surface area (Å²) in [6.07, 6.45) is 6.27. The Morgan fingerprint density at radius 2 is 2.29 bits per heavy atom. The fraction of sp³-hybridized carbons (Fsp3) is 0.471. The SMILES string of the molecule is CC(C)n1cncc1COc1ccc2c(c1)C(O)CCC2. The molecule has 0 radical (unpaired) electrons. The third kappa shape index (κ3) is 2.95. The summed E-state index contributed by atoms with van der Waals surface area (Å²) in [5, 5.41) is 10.1. The summed E-state index contributed by atoms with van der Waals surface area (Å²) in [6, 6.07) is 6.42. The first-order valence-corrected chi connectivity index (χ1v) is 7.59. The van der Waals surface area contributed by atoms with Crippen LogP contribution in [-0.2, 0) is 13.0 Å². The van der Waals surface area contributed by atoms with Crippen molar-refractivity contribution in [3.8, 4) is 5.75 Å². The molecule has 0 amide bonds. The zero-order valence-electron chi connectivity index (χ0n) is 12.6. The van der Waals surface area contributed by atoms with Crippen LogP contribution in [0.3, 0.4) is 0 Å². The Morgan fingerprint density at radius 3 is 3.10 bits per heavy atom. The van der Waals surface area contributed by atoms with Crippen molar-refractivity contribution in [2.24, 2.45) is 0 Å². The van der Waals surface area contributed by atoms with Crippen molar-refractivity contribution in [3.63, 3.8) is 0 Å². The highest BCUT2D eigenvalue weighted by Crippen LogP contribution is 2.32. The van der Waals surface area contributed by atoms with Crippen molar-refractivity contribution in [2.45, 2.75) is 51.9 Å². The van der Waals surface area contributed by atoms with E-state index in [4.69, 9.17) is 4.74 Å². The highest BCUT2D eigenvalue weighted by molar-refractivity contribution is 5.38.